The predicted molar refractivity (Wildman–Crippen MR) is 174 cm³/mol. The number of thiophene rings is 2. The molecule has 4 aromatic rings. The first-order valence-corrected chi connectivity index (χ1v) is 16.3. The van der Waals surface area contributed by atoms with Gasteiger partial charge in [-0.3, -0.25) is 9.59 Å². The van der Waals surface area contributed by atoms with Crippen LogP contribution in [0.15, 0.2) is 60.7 Å². The third-order valence-corrected chi connectivity index (χ3v) is 10.4. The molecule has 0 bridgehead atoms. The van der Waals surface area contributed by atoms with Gasteiger partial charge in [0.25, 0.3) is 11.8 Å². The highest BCUT2D eigenvalue weighted by atomic mass is 32.1. The van der Waals surface area contributed by atoms with Gasteiger partial charge in [0, 0.05) is 20.9 Å². The Morgan fingerprint density at radius 3 is 1.23 bits per heavy atom. The zero-order valence-corrected chi connectivity index (χ0v) is 28.0. The van der Waals surface area contributed by atoms with Crippen molar-refractivity contribution in [1.82, 2.24) is 10.6 Å². The van der Waals surface area contributed by atoms with Gasteiger partial charge in [0.05, 0.1) is 21.8 Å². The number of carbonyl (C=O) groups excluding carboxylic acids is 2. The molecule has 0 unspecified atom stereocenters. The van der Waals surface area contributed by atoms with Gasteiger partial charge in [0.15, 0.2) is 0 Å². The lowest BCUT2D eigenvalue weighted by atomic mass is 9.95. The maximum atomic E-state index is 15.6. The lowest BCUT2D eigenvalue weighted by Gasteiger charge is -2.25. The van der Waals surface area contributed by atoms with Crippen molar-refractivity contribution in [2.75, 3.05) is 0 Å². The molecule has 4 nitrogen and oxygen atoms in total. The molecule has 2 aromatic carbocycles. The SMILES string of the molecule is Cc1ccc([C@@H](C)NC(=O)c2cc(C3=C(c4cc(C(=O)N[C@H](C)c5ccc(C)cc5)sc4C)C(F)(F)C(F)(F)C3(F)F)c(C)s2)cc1. The summed E-state index contributed by atoms with van der Waals surface area (Å²) >= 11 is 1.47. The van der Waals surface area contributed by atoms with Crippen molar-refractivity contribution in [3.05, 3.63) is 114 Å². The summed E-state index contributed by atoms with van der Waals surface area (Å²) < 4.78 is 92.4. The molecule has 248 valence electrons. The lowest BCUT2D eigenvalue weighted by molar-refractivity contribution is -0.254. The van der Waals surface area contributed by atoms with E-state index in [9.17, 15) is 9.59 Å². The Morgan fingerprint density at radius 2 is 0.915 bits per heavy atom. The number of rotatable bonds is 8. The van der Waals surface area contributed by atoms with Crippen molar-refractivity contribution in [2.45, 2.75) is 71.4 Å². The van der Waals surface area contributed by atoms with Gasteiger partial charge in [-0.05, 0) is 75.9 Å². The van der Waals surface area contributed by atoms with Gasteiger partial charge in [0.1, 0.15) is 0 Å². The average molecular weight is 691 g/mol. The molecule has 1 aliphatic carbocycles. The number of hydrogen-bond donors (Lipinski definition) is 2. The van der Waals surface area contributed by atoms with Gasteiger partial charge in [-0.15, -0.1) is 22.7 Å². The summed E-state index contributed by atoms with van der Waals surface area (Å²) in [7, 11) is 0. The summed E-state index contributed by atoms with van der Waals surface area (Å²) in [6.45, 7) is 9.84. The minimum absolute atomic E-state index is 0.0171. The van der Waals surface area contributed by atoms with Crippen molar-refractivity contribution >= 4 is 45.6 Å². The molecule has 2 amide bonds. The van der Waals surface area contributed by atoms with E-state index in [1.54, 1.807) is 13.8 Å². The monoisotopic (exact) mass is 690 g/mol. The van der Waals surface area contributed by atoms with Crippen molar-refractivity contribution in [1.29, 1.82) is 0 Å². The van der Waals surface area contributed by atoms with Crippen LogP contribution in [0.1, 0.15) is 88.4 Å². The maximum Gasteiger partial charge on any atom is 0.380 e. The molecule has 2 N–H and O–H groups in total. The second-order valence-corrected chi connectivity index (χ2v) is 14.4. The van der Waals surface area contributed by atoms with E-state index in [2.05, 4.69) is 10.6 Å². The third-order valence-electron chi connectivity index (χ3n) is 8.34. The minimum Gasteiger partial charge on any atom is -0.345 e. The molecule has 12 heteroatoms. The van der Waals surface area contributed by atoms with Crippen molar-refractivity contribution in [3.63, 3.8) is 0 Å². The number of benzene rings is 2. The number of alkyl halides is 6. The molecular formula is C35H32F6N2O2S2. The molecular weight excluding hydrogens is 659 g/mol. The van der Waals surface area contributed by atoms with Gasteiger partial charge >= 0.3 is 17.8 Å². The van der Waals surface area contributed by atoms with Crippen LogP contribution in [-0.4, -0.2) is 29.6 Å². The van der Waals surface area contributed by atoms with E-state index in [1.165, 1.54) is 13.8 Å². The number of carbonyl (C=O) groups is 2. The molecule has 0 saturated heterocycles. The Labute approximate surface area is 276 Å². The second-order valence-electron chi connectivity index (χ2n) is 11.8. The summed E-state index contributed by atoms with van der Waals surface area (Å²) in [5, 5.41) is 5.49. The Hall–Kier alpha value is -3.90. The van der Waals surface area contributed by atoms with E-state index in [4.69, 9.17) is 0 Å². The van der Waals surface area contributed by atoms with Crippen LogP contribution in [0, 0.1) is 27.7 Å². The van der Waals surface area contributed by atoms with E-state index in [0.717, 1.165) is 57.1 Å². The molecule has 1 aliphatic rings. The van der Waals surface area contributed by atoms with Crippen molar-refractivity contribution in [3.8, 4) is 0 Å². The standard InChI is InChI=1S/C35H32F6N2O2S2/c1-17-7-11-23(12-8-17)19(3)42-31(44)27-15-25(21(5)46-27)29-30(34(38,39)35(40,41)33(29,36)37)26-16-28(47-22(26)6)32(45)43-20(4)24-13-9-18(2)10-14-24/h7-16,19-20H,1-6H3,(H,42,44)(H,43,45)/t19-,20-/m1/s1. The second kappa shape index (κ2) is 12.3. The minimum atomic E-state index is -5.78. The van der Waals surface area contributed by atoms with Gasteiger partial charge in [-0.2, -0.15) is 26.3 Å². The van der Waals surface area contributed by atoms with Crippen molar-refractivity contribution < 1.29 is 35.9 Å². The number of hydrogen-bond acceptors (Lipinski definition) is 4. The largest absolute Gasteiger partial charge is 0.380 e. The van der Waals surface area contributed by atoms with E-state index in [0.29, 0.717) is 0 Å². The molecule has 0 aliphatic heterocycles. The highest BCUT2D eigenvalue weighted by molar-refractivity contribution is 7.14. The molecule has 2 heterocycles. The summed E-state index contributed by atoms with van der Waals surface area (Å²) in [4.78, 5) is 26.0. The first kappa shape index (κ1) is 34.4. The van der Waals surface area contributed by atoms with E-state index in [-0.39, 0.29) is 19.5 Å². The fourth-order valence-corrected chi connectivity index (χ4v) is 7.39. The number of halogens is 6. The average Bonchev–Trinajstić information content (AvgIpc) is 3.60. The Bertz CT molecular complexity index is 1740. The first-order chi connectivity index (χ1) is 21.9. The van der Waals surface area contributed by atoms with Gasteiger partial charge in [-0.25, -0.2) is 0 Å². The van der Waals surface area contributed by atoms with Crippen LogP contribution in [0.3, 0.4) is 0 Å². The fourth-order valence-electron chi connectivity index (χ4n) is 5.53. The molecule has 0 fully saturated rings. The zero-order valence-electron chi connectivity index (χ0n) is 26.3. The smallest absolute Gasteiger partial charge is 0.345 e. The summed E-state index contributed by atoms with van der Waals surface area (Å²) in [5.41, 5.74) is -0.734. The Kier molecular flexibility index (Phi) is 9.00. The van der Waals surface area contributed by atoms with E-state index in [1.807, 2.05) is 62.4 Å². The van der Waals surface area contributed by atoms with Crippen LogP contribution in [0.2, 0.25) is 0 Å². The number of nitrogens with one attached hydrogen (secondary N) is 2. The van der Waals surface area contributed by atoms with E-state index >= 15 is 26.3 Å². The maximum absolute atomic E-state index is 15.6. The molecule has 47 heavy (non-hydrogen) atoms. The predicted octanol–water partition coefficient (Wildman–Crippen LogP) is 9.86. The quantitative estimate of drug-likeness (QED) is 0.181. The van der Waals surface area contributed by atoms with Gasteiger partial charge in [-0.1, -0.05) is 59.7 Å². The summed E-state index contributed by atoms with van der Waals surface area (Å²) in [6, 6.07) is 15.6. The van der Waals surface area contributed by atoms with Crippen LogP contribution in [0.4, 0.5) is 26.3 Å². The van der Waals surface area contributed by atoms with Gasteiger partial charge in [0.2, 0.25) is 0 Å². The number of allylic oxidation sites excluding steroid dienone is 2. The van der Waals surface area contributed by atoms with Crippen LogP contribution in [0.5, 0.6) is 0 Å². The van der Waals surface area contributed by atoms with Crippen LogP contribution in [0.25, 0.3) is 11.1 Å². The van der Waals surface area contributed by atoms with Crippen molar-refractivity contribution in [2.24, 2.45) is 0 Å². The molecule has 2 aromatic heterocycles. The summed E-state index contributed by atoms with van der Waals surface area (Å²) in [6.07, 6.45) is 0. The number of aryl methyl sites for hydroxylation is 4. The summed E-state index contributed by atoms with van der Waals surface area (Å²) in [5.74, 6) is -17.7. The Morgan fingerprint density at radius 1 is 0.596 bits per heavy atom. The van der Waals surface area contributed by atoms with Crippen LogP contribution in [-0.2, 0) is 0 Å². The Balaban J connectivity index is 1.54. The molecule has 0 saturated carbocycles. The molecule has 0 spiro atoms. The molecule has 5 rings (SSSR count). The first-order valence-electron chi connectivity index (χ1n) is 14.7. The zero-order chi connectivity index (χ0) is 34.6. The highest BCUT2D eigenvalue weighted by Crippen LogP contribution is 2.65. The fraction of sp³-hybridized carbons (Fsp3) is 0.314. The highest BCUT2D eigenvalue weighted by Gasteiger charge is 2.80. The van der Waals surface area contributed by atoms with Crippen LogP contribution >= 0.6 is 22.7 Å². The third kappa shape index (κ3) is 6.01. The molecule has 0 radical (unpaired) electrons. The normalized spacial score (nSPS) is 17.8. The topological polar surface area (TPSA) is 58.2 Å². The van der Waals surface area contributed by atoms with E-state index < -0.39 is 63.9 Å². The van der Waals surface area contributed by atoms with Gasteiger partial charge < -0.3 is 10.6 Å². The lowest BCUT2D eigenvalue weighted by Crippen LogP contribution is -2.48. The van der Waals surface area contributed by atoms with Crippen LogP contribution < -0.4 is 10.6 Å². The molecule has 2 atom stereocenters. The number of amides is 2.